The number of allylic oxidation sites excluding steroid dienone is 1. The molecule has 1 N–H and O–H groups in total. The van der Waals surface area contributed by atoms with Gasteiger partial charge < -0.3 is 19.5 Å². The van der Waals surface area contributed by atoms with E-state index in [1.54, 1.807) is 13.0 Å². The molecule has 0 aromatic heterocycles. The fourth-order valence-electron chi connectivity index (χ4n) is 5.09. The minimum Gasteiger partial charge on any atom is -0.478 e. The number of likely N-dealkylation sites (N-methyl/N-ethyl adjacent to an activating group) is 1. The van der Waals surface area contributed by atoms with Gasteiger partial charge in [0.2, 0.25) is 0 Å². The number of halogens is 1. The van der Waals surface area contributed by atoms with Gasteiger partial charge >= 0.3 is 11.9 Å². The van der Waals surface area contributed by atoms with Crippen LogP contribution in [0.5, 0.6) is 5.75 Å². The minimum absolute atomic E-state index is 0. The van der Waals surface area contributed by atoms with Crippen molar-refractivity contribution in [1.29, 1.82) is 0 Å². The van der Waals surface area contributed by atoms with Crippen LogP contribution in [0.1, 0.15) is 54.2 Å². The van der Waals surface area contributed by atoms with Crippen molar-refractivity contribution in [2.24, 2.45) is 0 Å². The average Bonchev–Trinajstić information content (AvgIpc) is 2.94. The molecule has 0 bridgehead atoms. The topological polar surface area (TPSA) is 79.3 Å². The number of fused-ring (bicyclic) bond motifs is 2. The number of carboxylic acid groups (broad SMARTS) is 1. The van der Waals surface area contributed by atoms with Crippen LogP contribution in [-0.4, -0.2) is 61.8 Å². The fraction of sp³-hybridized carbons (Fsp3) is 0.333. The van der Waals surface area contributed by atoms with E-state index in [4.69, 9.17) is 9.47 Å². The summed E-state index contributed by atoms with van der Waals surface area (Å²) >= 11 is 0. The van der Waals surface area contributed by atoms with Gasteiger partial charge in [-0.1, -0.05) is 44.7 Å². The number of rotatable bonds is 11. The second-order valence-electron chi connectivity index (χ2n) is 10.3. The lowest BCUT2D eigenvalue weighted by molar-refractivity contribution is -0.139. The highest BCUT2D eigenvalue weighted by Crippen LogP contribution is 2.45. The summed E-state index contributed by atoms with van der Waals surface area (Å²) in [5, 5.41) is 10.3. The highest BCUT2D eigenvalue weighted by atomic mass is 35.5. The van der Waals surface area contributed by atoms with Gasteiger partial charge in [0.15, 0.2) is 0 Å². The van der Waals surface area contributed by atoms with Crippen LogP contribution in [0.2, 0.25) is 0 Å². The molecular formula is C33H39ClN2O5. The number of hydrogen-bond donors (Lipinski definition) is 1. The van der Waals surface area contributed by atoms with Crippen LogP contribution in [0.25, 0.3) is 5.57 Å². The molecule has 8 heteroatoms. The molecule has 0 fully saturated rings. The standard InChI is InChI=1S/C33H38N2O5.ClH/c1-7-35(8-2)24-13-16-27-30(20-24)40-29-19-23(34(5)6)12-15-26(29)31(27)25-14-11-22(18-28(25)32(36)37)10-9-17-39-33(38)21(3)4;/h11-16,18-20,24H,3,7-10,17H2,1-2,4-6H3,(H,36,37);1H. The molecule has 0 saturated heterocycles. The van der Waals surface area contributed by atoms with Crippen molar-refractivity contribution in [1.82, 2.24) is 4.90 Å². The van der Waals surface area contributed by atoms with Gasteiger partial charge in [0.05, 0.1) is 18.2 Å². The van der Waals surface area contributed by atoms with Crippen LogP contribution in [0.15, 0.2) is 78.1 Å². The molecule has 2 aliphatic rings. The van der Waals surface area contributed by atoms with Gasteiger partial charge in [-0.15, -0.1) is 12.4 Å². The number of esters is 1. The van der Waals surface area contributed by atoms with Crippen LogP contribution in [0, 0.1) is 0 Å². The monoisotopic (exact) mass is 578 g/mol. The van der Waals surface area contributed by atoms with E-state index in [-0.39, 0.29) is 30.6 Å². The SMILES string of the molecule is C=C(C)C(=O)OCCCc1ccc(C2=C3C=CC(N(CC)CC)C=C3Oc3cc(N(C)C)ccc32)c(C(=O)O)c1.Cl. The Morgan fingerprint density at radius 3 is 2.41 bits per heavy atom. The minimum atomic E-state index is -0.997. The van der Waals surface area contributed by atoms with Crippen LogP contribution in [0.4, 0.5) is 5.69 Å². The third-order valence-corrected chi connectivity index (χ3v) is 7.30. The molecule has 1 heterocycles. The number of carbonyl (C=O) groups is 2. The van der Waals surface area contributed by atoms with Crippen LogP contribution in [0.3, 0.4) is 0 Å². The fourth-order valence-corrected chi connectivity index (χ4v) is 5.09. The highest BCUT2D eigenvalue weighted by molar-refractivity contribution is 6.00. The van der Waals surface area contributed by atoms with Crippen molar-refractivity contribution in [2.75, 3.05) is 38.7 Å². The second kappa shape index (κ2) is 13.7. The molecule has 7 nitrogen and oxygen atoms in total. The summed E-state index contributed by atoms with van der Waals surface area (Å²) in [4.78, 5) is 28.6. The van der Waals surface area contributed by atoms with E-state index in [1.807, 2.05) is 49.3 Å². The Morgan fingerprint density at radius 2 is 1.78 bits per heavy atom. The maximum atomic E-state index is 12.6. The van der Waals surface area contributed by atoms with Gasteiger partial charge in [-0.2, -0.15) is 0 Å². The normalized spacial score (nSPS) is 15.3. The first kappa shape index (κ1) is 31.7. The lowest BCUT2D eigenvalue weighted by Crippen LogP contribution is -2.34. The summed E-state index contributed by atoms with van der Waals surface area (Å²) in [7, 11) is 3.96. The van der Waals surface area contributed by atoms with E-state index in [2.05, 4.69) is 43.6 Å². The average molecular weight is 579 g/mol. The Kier molecular flexibility index (Phi) is 10.6. The van der Waals surface area contributed by atoms with Crippen LogP contribution in [-0.2, 0) is 16.0 Å². The van der Waals surface area contributed by atoms with Gasteiger partial charge in [-0.05, 0) is 68.3 Å². The van der Waals surface area contributed by atoms with Gasteiger partial charge in [-0.3, -0.25) is 4.90 Å². The van der Waals surface area contributed by atoms with Crippen LogP contribution >= 0.6 is 12.4 Å². The number of carbonyl (C=O) groups excluding carboxylic acids is 1. The predicted molar refractivity (Wildman–Crippen MR) is 166 cm³/mol. The van der Waals surface area contributed by atoms with E-state index in [0.717, 1.165) is 46.8 Å². The summed E-state index contributed by atoms with van der Waals surface area (Å²) in [5.74, 6) is 0.0169. The molecule has 218 valence electrons. The molecule has 0 saturated carbocycles. The Labute approximate surface area is 248 Å². The van der Waals surface area contributed by atoms with E-state index in [1.165, 1.54) is 0 Å². The Bertz CT molecular complexity index is 1420. The zero-order chi connectivity index (χ0) is 29.0. The third-order valence-electron chi connectivity index (χ3n) is 7.30. The van der Waals surface area contributed by atoms with Gasteiger partial charge in [-0.25, -0.2) is 9.59 Å². The smallest absolute Gasteiger partial charge is 0.336 e. The summed E-state index contributed by atoms with van der Waals surface area (Å²) in [6, 6.07) is 11.7. The van der Waals surface area contributed by atoms with Crippen molar-refractivity contribution in [2.45, 2.75) is 39.7 Å². The highest BCUT2D eigenvalue weighted by Gasteiger charge is 2.30. The van der Waals surface area contributed by atoms with Crippen molar-refractivity contribution in [3.05, 3.63) is 100 Å². The second-order valence-corrected chi connectivity index (χ2v) is 10.3. The molecule has 41 heavy (non-hydrogen) atoms. The molecule has 2 aromatic rings. The Morgan fingerprint density at radius 1 is 1.07 bits per heavy atom. The quantitative estimate of drug-likeness (QED) is 0.191. The van der Waals surface area contributed by atoms with Gasteiger partial charge in [0.1, 0.15) is 11.5 Å². The molecule has 2 aromatic carbocycles. The third kappa shape index (κ3) is 6.92. The molecule has 0 spiro atoms. The maximum Gasteiger partial charge on any atom is 0.336 e. The van der Waals surface area contributed by atoms with Crippen LogP contribution < -0.4 is 9.64 Å². The predicted octanol–water partition coefficient (Wildman–Crippen LogP) is 6.28. The number of carboxylic acids is 1. The van der Waals surface area contributed by atoms with Crippen molar-refractivity contribution >= 4 is 35.6 Å². The summed E-state index contributed by atoms with van der Waals surface area (Å²) < 4.78 is 11.7. The Hall–Kier alpha value is -3.81. The first-order valence-electron chi connectivity index (χ1n) is 13.7. The number of nitrogens with zero attached hydrogens (tertiary/aromatic N) is 2. The summed E-state index contributed by atoms with van der Waals surface area (Å²) in [5.41, 5.74) is 5.64. The van der Waals surface area contributed by atoms with E-state index >= 15 is 0 Å². The Balaban J connectivity index is 0.00000462. The molecule has 0 radical (unpaired) electrons. The number of benzene rings is 2. The molecule has 1 unspecified atom stereocenters. The zero-order valence-electron chi connectivity index (χ0n) is 24.4. The molecule has 0 amide bonds. The lowest BCUT2D eigenvalue weighted by atomic mass is 9.84. The number of anilines is 1. The summed E-state index contributed by atoms with van der Waals surface area (Å²) in [6.07, 6.45) is 7.49. The number of aromatic carboxylic acids is 1. The van der Waals surface area contributed by atoms with Crippen molar-refractivity contribution < 1.29 is 24.2 Å². The van der Waals surface area contributed by atoms with Crippen molar-refractivity contribution in [3.63, 3.8) is 0 Å². The molecule has 1 aliphatic carbocycles. The number of hydrogen-bond acceptors (Lipinski definition) is 6. The summed E-state index contributed by atoms with van der Waals surface area (Å²) in [6.45, 7) is 11.5. The molecule has 1 aliphatic heterocycles. The van der Waals surface area contributed by atoms with Crippen molar-refractivity contribution in [3.8, 4) is 5.75 Å². The first-order chi connectivity index (χ1) is 19.1. The van der Waals surface area contributed by atoms with E-state index < -0.39 is 11.9 Å². The van der Waals surface area contributed by atoms with E-state index in [9.17, 15) is 14.7 Å². The van der Waals surface area contributed by atoms with E-state index in [0.29, 0.717) is 29.7 Å². The van der Waals surface area contributed by atoms with Gasteiger partial charge in [0.25, 0.3) is 0 Å². The number of ether oxygens (including phenoxy) is 2. The molecule has 4 rings (SSSR count). The molecular weight excluding hydrogens is 540 g/mol. The zero-order valence-corrected chi connectivity index (χ0v) is 25.2. The first-order valence-corrected chi connectivity index (χ1v) is 13.7. The van der Waals surface area contributed by atoms with Gasteiger partial charge in [0, 0.05) is 48.1 Å². The molecule has 1 atom stereocenters. The maximum absolute atomic E-state index is 12.6. The lowest BCUT2D eigenvalue weighted by Gasteiger charge is -2.32. The largest absolute Gasteiger partial charge is 0.478 e. The number of aryl methyl sites for hydroxylation is 1.